The molecule has 0 bridgehead atoms. The molecule has 1 fully saturated rings. The van der Waals surface area contributed by atoms with Gasteiger partial charge < -0.3 is 24.7 Å². The lowest BCUT2D eigenvalue weighted by Gasteiger charge is -2.34. The van der Waals surface area contributed by atoms with Crippen LogP contribution in [0.4, 0.5) is 4.79 Å². The zero-order chi connectivity index (χ0) is 23.6. The van der Waals surface area contributed by atoms with E-state index in [4.69, 9.17) is 14.5 Å². The minimum atomic E-state index is -0.524. The first-order valence-electron chi connectivity index (χ1n) is 11.1. The van der Waals surface area contributed by atoms with Crippen LogP contribution in [-0.4, -0.2) is 59.2 Å². The standard InChI is InChI=1S/C24H30N4O4S/c1-24(2,3)32-23(30)28-11-5-7-15(14-28)13-25-22(29)16-9-10-17(31-4)20-19(16)26-21(27-20)18-8-6-12-33-18/h6,8-10,12,15H,5,7,11,13-14H2,1-4H3,(H,25,29)(H,26,27). The van der Waals surface area contributed by atoms with Crippen LogP contribution in [0.5, 0.6) is 5.75 Å². The predicted molar refractivity (Wildman–Crippen MR) is 129 cm³/mol. The van der Waals surface area contributed by atoms with Gasteiger partial charge >= 0.3 is 6.09 Å². The maximum atomic E-state index is 13.1. The molecule has 0 aliphatic carbocycles. The molecule has 1 aromatic carbocycles. The Morgan fingerprint density at radius 2 is 2.12 bits per heavy atom. The van der Waals surface area contributed by atoms with Crippen molar-refractivity contribution < 1.29 is 19.1 Å². The average molecular weight is 471 g/mol. The maximum absolute atomic E-state index is 13.1. The Balaban J connectivity index is 1.46. The van der Waals surface area contributed by atoms with Gasteiger partial charge in [0.05, 0.1) is 17.6 Å². The average Bonchev–Trinajstić information content (AvgIpc) is 3.45. The third kappa shape index (κ3) is 5.30. The first-order valence-corrected chi connectivity index (χ1v) is 12.0. The topological polar surface area (TPSA) is 96.6 Å². The molecule has 1 aliphatic rings. The van der Waals surface area contributed by atoms with Crippen molar-refractivity contribution in [3.63, 3.8) is 0 Å². The highest BCUT2D eigenvalue weighted by atomic mass is 32.1. The number of hydrogen-bond acceptors (Lipinski definition) is 6. The quantitative estimate of drug-likeness (QED) is 0.565. The number of piperidine rings is 1. The molecule has 9 heteroatoms. The number of fused-ring (bicyclic) bond motifs is 1. The summed E-state index contributed by atoms with van der Waals surface area (Å²) in [7, 11) is 1.60. The van der Waals surface area contributed by atoms with E-state index in [1.165, 1.54) is 0 Å². The van der Waals surface area contributed by atoms with E-state index in [0.29, 0.717) is 47.8 Å². The van der Waals surface area contributed by atoms with Crippen molar-refractivity contribution in [2.45, 2.75) is 39.2 Å². The lowest BCUT2D eigenvalue weighted by molar-refractivity contribution is 0.0167. The van der Waals surface area contributed by atoms with Crippen LogP contribution < -0.4 is 10.1 Å². The Morgan fingerprint density at radius 1 is 1.30 bits per heavy atom. The number of H-pyrrole nitrogens is 1. The van der Waals surface area contributed by atoms with Crippen LogP contribution in [0.25, 0.3) is 21.7 Å². The molecule has 1 saturated heterocycles. The van der Waals surface area contributed by atoms with Crippen LogP contribution in [0.2, 0.25) is 0 Å². The number of ether oxygens (including phenoxy) is 2. The third-order valence-corrected chi connectivity index (χ3v) is 6.42. The predicted octanol–water partition coefficient (Wildman–Crippen LogP) is 4.68. The number of carbonyl (C=O) groups excluding carboxylic acids is 2. The van der Waals surface area contributed by atoms with Crippen molar-refractivity contribution in [1.29, 1.82) is 0 Å². The number of carbonyl (C=O) groups is 2. The summed E-state index contributed by atoms with van der Waals surface area (Å²) in [5.41, 5.74) is 1.24. The Hall–Kier alpha value is -3.07. The van der Waals surface area contributed by atoms with Gasteiger partial charge in [-0.2, -0.15) is 0 Å². The maximum Gasteiger partial charge on any atom is 0.410 e. The van der Waals surface area contributed by atoms with Gasteiger partial charge in [-0.25, -0.2) is 9.78 Å². The first-order chi connectivity index (χ1) is 15.7. The monoisotopic (exact) mass is 470 g/mol. The van der Waals surface area contributed by atoms with E-state index >= 15 is 0 Å². The van der Waals surface area contributed by atoms with Crippen LogP contribution in [0.15, 0.2) is 29.6 Å². The summed E-state index contributed by atoms with van der Waals surface area (Å²) in [5, 5.41) is 5.02. The number of methoxy groups -OCH3 is 1. The molecule has 0 spiro atoms. The highest BCUT2D eigenvalue weighted by Gasteiger charge is 2.28. The molecule has 0 saturated carbocycles. The highest BCUT2D eigenvalue weighted by molar-refractivity contribution is 7.13. The largest absolute Gasteiger partial charge is 0.494 e. The van der Waals surface area contributed by atoms with Gasteiger partial charge in [0.15, 0.2) is 0 Å². The molecule has 33 heavy (non-hydrogen) atoms. The second-order valence-corrected chi connectivity index (χ2v) is 10.2. The van der Waals surface area contributed by atoms with Gasteiger partial charge in [-0.1, -0.05) is 6.07 Å². The molecule has 8 nitrogen and oxygen atoms in total. The highest BCUT2D eigenvalue weighted by Crippen LogP contribution is 2.31. The normalized spacial score (nSPS) is 16.6. The fourth-order valence-electron chi connectivity index (χ4n) is 4.01. The number of aromatic amines is 1. The third-order valence-electron chi connectivity index (χ3n) is 5.55. The number of imidazole rings is 1. The Kier molecular flexibility index (Phi) is 6.60. The second-order valence-electron chi connectivity index (χ2n) is 9.25. The molecule has 0 radical (unpaired) electrons. The fraction of sp³-hybridized carbons (Fsp3) is 0.458. The summed E-state index contributed by atoms with van der Waals surface area (Å²) >= 11 is 1.58. The number of nitrogens with one attached hydrogen (secondary N) is 2. The van der Waals surface area contributed by atoms with Gasteiger partial charge in [0.1, 0.15) is 28.2 Å². The lowest BCUT2D eigenvalue weighted by atomic mass is 9.98. The molecular formula is C24H30N4O4S. The van der Waals surface area contributed by atoms with Gasteiger partial charge in [-0.05, 0) is 63.1 Å². The lowest BCUT2D eigenvalue weighted by Crippen LogP contribution is -2.45. The van der Waals surface area contributed by atoms with Gasteiger partial charge in [-0.15, -0.1) is 11.3 Å². The zero-order valence-corrected chi connectivity index (χ0v) is 20.3. The number of benzene rings is 1. The number of thiophene rings is 1. The smallest absolute Gasteiger partial charge is 0.410 e. The van der Waals surface area contributed by atoms with Crippen molar-refractivity contribution in [3.05, 3.63) is 35.2 Å². The summed E-state index contributed by atoms with van der Waals surface area (Å²) < 4.78 is 11.0. The van der Waals surface area contributed by atoms with Crippen molar-refractivity contribution in [2.24, 2.45) is 5.92 Å². The van der Waals surface area contributed by atoms with Gasteiger partial charge in [0.2, 0.25) is 0 Å². The van der Waals surface area contributed by atoms with Gasteiger partial charge in [0.25, 0.3) is 5.91 Å². The van der Waals surface area contributed by atoms with Crippen molar-refractivity contribution in [2.75, 3.05) is 26.7 Å². The Morgan fingerprint density at radius 3 is 2.82 bits per heavy atom. The molecule has 3 aromatic rings. The van der Waals surface area contributed by atoms with Crippen molar-refractivity contribution >= 4 is 34.4 Å². The Labute approximate surface area is 197 Å². The number of aromatic nitrogens is 2. The first kappa shape index (κ1) is 23.1. The van der Waals surface area contributed by atoms with E-state index in [9.17, 15) is 9.59 Å². The zero-order valence-electron chi connectivity index (χ0n) is 19.4. The van der Waals surface area contributed by atoms with E-state index < -0.39 is 5.60 Å². The van der Waals surface area contributed by atoms with Gasteiger partial charge in [-0.3, -0.25) is 4.79 Å². The summed E-state index contributed by atoms with van der Waals surface area (Å²) in [6.45, 7) is 7.31. The number of nitrogens with zero attached hydrogens (tertiary/aromatic N) is 2. The SMILES string of the molecule is COc1ccc(C(=O)NCC2CCCN(C(=O)OC(C)(C)C)C2)c2nc(-c3cccs3)[nH]c12. The molecule has 1 atom stereocenters. The molecular weight excluding hydrogens is 440 g/mol. The van der Waals surface area contributed by atoms with Crippen molar-refractivity contribution in [3.8, 4) is 16.5 Å². The van der Waals surface area contributed by atoms with Crippen LogP contribution >= 0.6 is 11.3 Å². The molecule has 4 rings (SSSR count). The second kappa shape index (κ2) is 9.43. The minimum Gasteiger partial charge on any atom is -0.494 e. The molecule has 3 heterocycles. The summed E-state index contributed by atoms with van der Waals surface area (Å²) in [4.78, 5) is 36.2. The Bertz CT molecular complexity index is 1130. The van der Waals surface area contributed by atoms with Crippen LogP contribution in [0, 0.1) is 5.92 Å². The molecule has 2 aromatic heterocycles. The van der Waals surface area contributed by atoms with E-state index in [0.717, 1.165) is 17.7 Å². The number of amides is 2. The fourth-order valence-corrected chi connectivity index (χ4v) is 4.68. The van der Waals surface area contributed by atoms with E-state index in [-0.39, 0.29) is 17.9 Å². The summed E-state index contributed by atoms with van der Waals surface area (Å²) in [6, 6.07) is 7.46. The summed E-state index contributed by atoms with van der Waals surface area (Å²) in [6.07, 6.45) is 1.53. The number of likely N-dealkylation sites (tertiary alicyclic amines) is 1. The van der Waals surface area contributed by atoms with E-state index in [1.54, 1.807) is 35.5 Å². The molecule has 2 amide bonds. The van der Waals surface area contributed by atoms with Crippen molar-refractivity contribution in [1.82, 2.24) is 20.2 Å². The minimum absolute atomic E-state index is 0.171. The summed E-state index contributed by atoms with van der Waals surface area (Å²) in [5.74, 6) is 1.32. The van der Waals surface area contributed by atoms with E-state index in [2.05, 4.69) is 10.3 Å². The van der Waals surface area contributed by atoms with Crippen LogP contribution in [0.1, 0.15) is 44.0 Å². The molecule has 176 valence electrons. The van der Waals surface area contributed by atoms with Crippen LogP contribution in [-0.2, 0) is 4.74 Å². The molecule has 2 N–H and O–H groups in total. The molecule has 1 aliphatic heterocycles. The number of rotatable bonds is 5. The number of hydrogen-bond donors (Lipinski definition) is 2. The van der Waals surface area contributed by atoms with Gasteiger partial charge in [0, 0.05) is 19.6 Å². The van der Waals surface area contributed by atoms with Crippen LogP contribution in [0.3, 0.4) is 0 Å². The van der Waals surface area contributed by atoms with E-state index in [1.807, 2.05) is 38.3 Å². The molecule has 1 unspecified atom stereocenters.